The van der Waals surface area contributed by atoms with Gasteiger partial charge in [0, 0.05) is 11.8 Å². The summed E-state index contributed by atoms with van der Waals surface area (Å²) in [4.78, 5) is 23.1. The van der Waals surface area contributed by atoms with Gasteiger partial charge in [0.15, 0.2) is 0 Å². The highest BCUT2D eigenvalue weighted by atomic mass is 16.2. The molecule has 19 heavy (non-hydrogen) atoms. The molecule has 0 aliphatic heterocycles. The Kier molecular flexibility index (Phi) is 5.30. The van der Waals surface area contributed by atoms with Crippen LogP contribution < -0.4 is 10.6 Å². The lowest BCUT2D eigenvalue weighted by Gasteiger charge is -2.10. The first kappa shape index (κ1) is 15.0. The molecule has 2 N–H and O–H groups in total. The molecule has 2 amide bonds. The summed E-state index contributed by atoms with van der Waals surface area (Å²) < 4.78 is 0. The molecule has 1 aromatic carbocycles. The molecule has 0 fully saturated rings. The molecule has 0 bridgehead atoms. The fourth-order valence-electron chi connectivity index (χ4n) is 1.56. The third-order valence-electron chi connectivity index (χ3n) is 2.72. The minimum Gasteiger partial charge on any atom is -0.343 e. The van der Waals surface area contributed by atoms with Gasteiger partial charge in [-0.3, -0.25) is 9.59 Å². The lowest BCUT2D eigenvalue weighted by molar-refractivity contribution is -0.121. The van der Waals surface area contributed by atoms with Gasteiger partial charge in [0.1, 0.15) is 0 Å². The molecule has 4 heteroatoms. The van der Waals surface area contributed by atoms with Crippen LogP contribution in [0.3, 0.4) is 0 Å². The number of rotatable bonds is 4. The number of nitrogens with one attached hydrogen (secondary N) is 2. The van der Waals surface area contributed by atoms with Crippen molar-refractivity contribution in [2.75, 3.05) is 11.9 Å². The van der Waals surface area contributed by atoms with Crippen molar-refractivity contribution in [3.8, 4) is 0 Å². The zero-order valence-corrected chi connectivity index (χ0v) is 11.8. The second kappa shape index (κ2) is 6.73. The highest BCUT2D eigenvalue weighted by molar-refractivity contribution is 5.97. The van der Waals surface area contributed by atoms with Crippen LogP contribution in [0.2, 0.25) is 0 Å². The third-order valence-corrected chi connectivity index (χ3v) is 2.72. The fourth-order valence-corrected chi connectivity index (χ4v) is 1.56. The van der Waals surface area contributed by atoms with Crippen LogP contribution in [-0.2, 0) is 9.59 Å². The van der Waals surface area contributed by atoms with E-state index in [0.29, 0.717) is 0 Å². The summed E-state index contributed by atoms with van der Waals surface area (Å²) in [5.41, 5.74) is 3.83. The molecule has 4 nitrogen and oxygen atoms in total. The molecule has 0 aliphatic carbocycles. The number of carbonyl (C=O) groups excluding carboxylic acids is 2. The lowest BCUT2D eigenvalue weighted by atomic mass is 10.1. The molecule has 102 valence electrons. The fraction of sp³-hybridized carbons (Fsp3) is 0.333. The van der Waals surface area contributed by atoms with Gasteiger partial charge in [-0.25, -0.2) is 0 Å². The number of aryl methyl sites for hydroxylation is 1. The number of amides is 2. The van der Waals surface area contributed by atoms with E-state index in [1.54, 1.807) is 0 Å². The first-order chi connectivity index (χ1) is 8.90. The standard InChI is InChI=1S/C15H20N2O2/c1-10(2)8-14(18)16-9-15(19)17-13-7-5-6-11(3)12(13)4/h5-8H,9H2,1-4H3,(H,16,18)(H,17,19). The zero-order valence-electron chi connectivity index (χ0n) is 11.8. The van der Waals surface area contributed by atoms with E-state index in [-0.39, 0.29) is 18.4 Å². The van der Waals surface area contributed by atoms with Crippen LogP contribution in [0.5, 0.6) is 0 Å². The van der Waals surface area contributed by atoms with Gasteiger partial charge < -0.3 is 10.6 Å². The Labute approximate surface area is 113 Å². The molecular formula is C15H20N2O2. The monoisotopic (exact) mass is 260 g/mol. The van der Waals surface area contributed by atoms with Crippen LogP contribution >= 0.6 is 0 Å². The number of hydrogen-bond donors (Lipinski definition) is 2. The minimum absolute atomic E-state index is 0.0318. The average molecular weight is 260 g/mol. The van der Waals surface area contributed by atoms with Gasteiger partial charge in [-0.1, -0.05) is 17.7 Å². The molecule has 0 radical (unpaired) electrons. The topological polar surface area (TPSA) is 58.2 Å². The molecule has 0 saturated carbocycles. The van der Waals surface area contributed by atoms with Crippen LogP contribution in [0, 0.1) is 13.8 Å². The van der Waals surface area contributed by atoms with Crippen molar-refractivity contribution < 1.29 is 9.59 Å². The first-order valence-corrected chi connectivity index (χ1v) is 6.19. The van der Waals surface area contributed by atoms with Gasteiger partial charge in [-0.05, 0) is 44.9 Å². The summed E-state index contributed by atoms with van der Waals surface area (Å²) in [5, 5.41) is 5.33. The van der Waals surface area contributed by atoms with E-state index < -0.39 is 0 Å². The van der Waals surface area contributed by atoms with Gasteiger partial charge in [-0.15, -0.1) is 0 Å². The Bertz CT molecular complexity index is 515. The predicted octanol–water partition coefficient (Wildman–Crippen LogP) is 2.32. The summed E-state index contributed by atoms with van der Waals surface area (Å²) in [5.74, 6) is -0.486. The average Bonchev–Trinajstić information content (AvgIpc) is 2.32. The molecule has 0 aliphatic rings. The Hall–Kier alpha value is -2.10. The van der Waals surface area contributed by atoms with E-state index in [4.69, 9.17) is 0 Å². The van der Waals surface area contributed by atoms with E-state index in [0.717, 1.165) is 22.4 Å². The predicted molar refractivity (Wildman–Crippen MR) is 77.0 cm³/mol. The lowest BCUT2D eigenvalue weighted by Crippen LogP contribution is -2.32. The molecule has 0 atom stereocenters. The van der Waals surface area contributed by atoms with Crippen molar-refractivity contribution in [3.05, 3.63) is 41.0 Å². The number of hydrogen-bond acceptors (Lipinski definition) is 2. The maximum atomic E-state index is 11.7. The third kappa shape index (κ3) is 4.95. The van der Waals surface area contributed by atoms with Crippen LogP contribution in [0.25, 0.3) is 0 Å². The summed E-state index contributed by atoms with van der Waals surface area (Å²) in [6, 6.07) is 5.72. The van der Waals surface area contributed by atoms with Crippen molar-refractivity contribution >= 4 is 17.5 Å². The molecule has 0 unspecified atom stereocenters. The molecule has 0 heterocycles. The molecule has 0 aromatic heterocycles. The molecule has 1 aromatic rings. The Morgan fingerprint density at radius 2 is 1.89 bits per heavy atom. The van der Waals surface area contributed by atoms with E-state index in [1.807, 2.05) is 45.9 Å². The van der Waals surface area contributed by atoms with Gasteiger partial charge >= 0.3 is 0 Å². The van der Waals surface area contributed by atoms with Gasteiger partial charge in [-0.2, -0.15) is 0 Å². The second-order valence-corrected chi connectivity index (χ2v) is 4.74. The highest BCUT2D eigenvalue weighted by Crippen LogP contribution is 2.17. The summed E-state index contributed by atoms with van der Waals surface area (Å²) >= 11 is 0. The van der Waals surface area contributed by atoms with E-state index >= 15 is 0 Å². The van der Waals surface area contributed by atoms with Gasteiger partial charge in [0.05, 0.1) is 6.54 Å². The summed E-state index contributed by atoms with van der Waals surface area (Å²) in [7, 11) is 0. The Morgan fingerprint density at radius 1 is 1.21 bits per heavy atom. The molecular weight excluding hydrogens is 240 g/mol. The summed E-state index contributed by atoms with van der Waals surface area (Å²) in [6.07, 6.45) is 1.46. The van der Waals surface area contributed by atoms with Crippen LogP contribution in [0.4, 0.5) is 5.69 Å². The van der Waals surface area contributed by atoms with Crippen molar-refractivity contribution in [1.82, 2.24) is 5.32 Å². The Morgan fingerprint density at radius 3 is 2.53 bits per heavy atom. The second-order valence-electron chi connectivity index (χ2n) is 4.74. The van der Waals surface area contributed by atoms with Crippen molar-refractivity contribution in [2.45, 2.75) is 27.7 Å². The normalized spacial score (nSPS) is 9.68. The van der Waals surface area contributed by atoms with Crippen LogP contribution in [-0.4, -0.2) is 18.4 Å². The van der Waals surface area contributed by atoms with Crippen molar-refractivity contribution in [3.63, 3.8) is 0 Å². The number of benzene rings is 1. The quantitative estimate of drug-likeness (QED) is 0.816. The molecule has 0 spiro atoms. The van der Waals surface area contributed by atoms with Crippen molar-refractivity contribution in [2.24, 2.45) is 0 Å². The SMILES string of the molecule is CC(C)=CC(=O)NCC(=O)Nc1cccc(C)c1C. The molecule has 0 saturated heterocycles. The highest BCUT2D eigenvalue weighted by Gasteiger charge is 2.06. The minimum atomic E-state index is -0.254. The maximum absolute atomic E-state index is 11.7. The van der Waals surface area contributed by atoms with E-state index in [9.17, 15) is 9.59 Å². The number of allylic oxidation sites excluding steroid dienone is 1. The summed E-state index contributed by atoms with van der Waals surface area (Å²) in [6.45, 7) is 7.57. The Balaban J connectivity index is 2.54. The van der Waals surface area contributed by atoms with E-state index in [1.165, 1.54) is 6.08 Å². The molecule has 1 rings (SSSR count). The first-order valence-electron chi connectivity index (χ1n) is 6.19. The van der Waals surface area contributed by atoms with Crippen molar-refractivity contribution in [1.29, 1.82) is 0 Å². The number of carbonyl (C=O) groups is 2. The van der Waals surface area contributed by atoms with E-state index in [2.05, 4.69) is 10.6 Å². The smallest absolute Gasteiger partial charge is 0.244 e. The van der Waals surface area contributed by atoms with Gasteiger partial charge in [0.25, 0.3) is 0 Å². The van der Waals surface area contributed by atoms with Gasteiger partial charge in [0.2, 0.25) is 11.8 Å². The largest absolute Gasteiger partial charge is 0.343 e. The van der Waals surface area contributed by atoms with Crippen LogP contribution in [0.15, 0.2) is 29.8 Å². The maximum Gasteiger partial charge on any atom is 0.244 e. The number of anilines is 1. The van der Waals surface area contributed by atoms with Crippen LogP contribution in [0.1, 0.15) is 25.0 Å². The zero-order chi connectivity index (χ0) is 14.4.